The first-order chi connectivity index (χ1) is 10.8. The summed E-state index contributed by atoms with van der Waals surface area (Å²) in [5.74, 6) is 0.845. The molecule has 1 N–H and O–H groups in total. The molecule has 23 heavy (non-hydrogen) atoms. The summed E-state index contributed by atoms with van der Waals surface area (Å²) in [4.78, 5) is 10.5. The van der Waals surface area contributed by atoms with E-state index in [1.807, 2.05) is 24.8 Å². The topological polar surface area (TPSA) is 41.1 Å². The van der Waals surface area contributed by atoms with Crippen LogP contribution in [0.25, 0.3) is 0 Å². The molecular weight excluding hydrogens is 305 g/mol. The number of hydrogen-bond acceptors (Lipinski definition) is 4. The lowest BCUT2D eigenvalue weighted by atomic mass is 10.1. The molecule has 0 aliphatic heterocycles. The summed E-state index contributed by atoms with van der Waals surface area (Å²) >= 11 is 0. The van der Waals surface area contributed by atoms with Gasteiger partial charge < -0.3 is 10.2 Å². The minimum Gasteiger partial charge on any atom is -0.357 e. The van der Waals surface area contributed by atoms with E-state index in [0.29, 0.717) is 11.5 Å². The lowest BCUT2D eigenvalue weighted by Crippen LogP contribution is -2.23. The highest BCUT2D eigenvalue weighted by Gasteiger charge is 2.33. The van der Waals surface area contributed by atoms with Gasteiger partial charge in [0.2, 0.25) is 5.95 Å². The molecule has 1 heterocycles. The minimum atomic E-state index is -4.44. The fourth-order valence-electron chi connectivity index (χ4n) is 2.28. The molecule has 0 atom stereocenters. The lowest BCUT2D eigenvalue weighted by molar-refractivity contribution is -0.136. The van der Waals surface area contributed by atoms with Crippen molar-refractivity contribution in [3.63, 3.8) is 0 Å². The molecule has 0 saturated carbocycles. The first kappa shape index (κ1) is 17.1. The van der Waals surface area contributed by atoms with E-state index in [1.165, 1.54) is 12.1 Å². The van der Waals surface area contributed by atoms with Crippen LogP contribution in [0.1, 0.15) is 25.1 Å². The Bertz CT molecular complexity index is 667. The summed E-state index contributed by atoms with van der Waals surface area (Å²) < 4.78 is 39.2. The van der Waals surface area contributed by atoms with Crippen molar-refractivity contribution in [1.82, 2.24) is 9.97 Å². The van der Waals surface area contributed by atoms with Crippen molar-refractivity contribution < 1.29 is 13.2 Å². The molecule has 1 aromatic heterocycles. The maximum Gasteiger partial charge on any atom is 0.418 e. The Hall–Kier alpha value is -2.31. The second-order valence-electron chi connectivity index (χ2n) is 5.03. The van der Waals surface area contributed by atoms with E-state index < -0.39 is 11.7 Å². The Balaban J connectivity index is 2.38. The second-order valence-corrected chi connectivity index (χ2v) is 5.03. The lowest BCUT2D eigenvalue weighted by Gasteiger charge is -2.21. The van der Waals surface area contributed by atoms with Crippen molar-refractivity contribution >= 4 is 17.5 Å². The second kappa shape index (κ2) is 6.85. The molecule has 2 rings (SSSR count). The zero-order valence-electron chi connectivity index (χ0n) is 13.3. The number of halogens is 3. The quantitative estimate of drug-likeness (QED) is 0.885. The van der Waals surface area contributed by atoms with Crippen molar-refractivity contribution in [2.45, 2.75) is 26.9 Å². The number of aromatic nitrogens is 2. The van der Waals surface area contributed by atoms with E-state index in [4.69, 9.17) is 0 Å². The maximum absolute atomic E-state index is 13.1. The molecule has 0 aliphatic rings. The Labute approximate surface area is 133 Å². The smallest absolute Gasteiger partial charge is 0.357 e. The van der Waals surface area contributed by atoms with Gasteiger partial charge in [-0.3, -0.25) is 0 Å². The Kier molecular flexibility index (Phi) is 5.08. The van der Waals surface area contributed by atoms with Crippen LogP contribution in [0.2, 0.25) is 0 Å². The Morgan fingerprint density at radius 2 is 1.74 bits per heavy atom. The van der Waals surface area contributed by atoms with Gasteiger partial charge in [0.25, 0.3) is 0 Å². The fourth-order valence-corrected chi connectivity index (χ4v) is 2.28. The molecular formula is C16H19F3N4. The van der Waals surface area contributed by atoms with Crippen LogP contribution in [-0.2, 0) is 6.18 Å². The Morgan fingerprint density at radius 1 is 1.09 bits per heavy atom. The predicted molar refractivity (Wildman–Crippen MR) is 85.1 cm³/mol. The van der Waals surface area contributed by atoms with Gasteiger partial charge in [0.05, 0.1) is 11.3 Å². The molecule has 0 radical (unpaired) electrons. The Morgan fingerprint density at radius 3 is 2.35 bits per heavy atom. The summed E-state index contributed by atoms with van der Waals surface area (Å²) in [5, 5.41) is 2.69. The van der Waals surface area contributed by atoms with Gasteiger partial charge >= 0.3 is 6.18 Å². The van der Waals surface area contributed by atoms with Crippen LogP contribution in [0.4, 0.5) is 30.6 Å². The highest BCUT2D eigenvalue weighted by Crippen LogP contribution is 2.35. The van der Waals surface area contributed by atoms with Crippen molar-refractivity contribution in [1.29, 1.82) is 0 Å². The van der Waals surface area contributed by atoms with E-state index in [2.05, 4.69) is 15.3 Å². The number of nitrogens with zero attached hydrogens (tertiary/aromatic N) is 3. The first-order valence-corrected chi connectivity index (χ1v) is 7.39. The van der Waals surface area contributed by atoms with E-state index in [9.17, 15) is 13.2 Å². The van der Waals surface area contributed by atoms with Gasteiger partial charge in [-0.25, -0.2) is 4.98 Å². The van der Waals surface area contributed by atoms with Gasteiger partial charge in [0.15, 0.2) is 0 Å². The van der Waals surface area contributed by atoms with Crippen molar-refractivity contribution in [2.24, 2.45) is 0 Å². The molecule has 0 aliphatic carbocycles. The molecule has 7 heteroatoms. The largest absolute Gasteiger partial charge is 0.418 e. The third-order valence-corrected chi connectivity index (χ3v) is 3.41. The van der Waals surface area contributed by atoms with Gasteiger partial charge in [0.1, 0.15) is 5.82 Å². The summed E-state index contributed by atoms with van der Waals surface area (Å²) in [5.41, 5.74) is -0.112. The van der Waals surface area contributed by atoms with Crippen molar-refractivity contribution in [2.75, 3.05) is 23.3 Å². The van der Waals surface area contributed by atoms with Crippen molar-refractivity contribution in [3.8, 4) is 0 Å². The average Bonchev–Trinajstić information content (AvgIpc) is 2.47. The predicted octanol–water partition coefficient (Wildman–Crippen LogP) is 4.39. The molecule has 0 amide bonds. The summed E-state index contributed by atoms with van der Waals surface area (Å²) in [7, 11) is 0. The van der Waals surface area contributed by atoms with E-state index in [-0.39, 0.29) is 11.6 Å². The van der Waals surface area contributed by atoms with Gasteiger partial charge in [0, 0.05) is 24.8 Å². The van der Waals surface area contributed by atoms with Crippen LogP contribution in [-0.4, -0.2) is 23.1 Å². The number of aryl methyl sites for hydroxylation is 1. The standard InChI is InChI=1S/C16H19F3N4/c1-4-23(5-2)14-10-11(3)20-15(22-14)21-13-9-7-6-8-12(13)16(17,18)19/h6-10H,4-5H2,1-3H3,(H,20,21,22). The SMILES string of the molecule is CCN(CC)c1cc(C)nc(Nc2ccccc2C(F)(F)F)n1. The van der Waals surface area contributed by atoms with Gasteiger partial charge in [-0.1, -0.05) is 12.1 Å². The molecule has 0 saturated heterocycles. The summed E-state index contributed by atoms with van der Waals surface area (Å²) in [6, 6.07) is 7.11. The third kappa shape index (κ3) is 4.12. The molecule has 4 nitrogen and oxygen atoms in total. The molecule has 124 valence electrons. The number of anilines is 3. The number of rotatable bonds is 5. The van der Waals surface area contributed by atoms with Crippen LogP contribution >= 0.6 is 0 Å². The minimum absolute atomic E-state index is 0.0592. The molecule has 0 bridgehead atoms. The monoisotopic (exact) mass is 324 g/mol. The van der Waals surface area contributed by atoms with E-state index in [0.717, 1.165) is 19.2 Å². The zero-order valence-corrected chi connectivity index (χ0v) is 13.3. The van der Waals surface area contributed by atoms with Crippen molar-refractivity contribution in [3.05, 3.63) is 41.6 Å². The van der Waals surface area contributed by atoms with E-state index >= 15 is 0 Å². The fraction of sp³-hybridized carbons (Fsp3) is 0.375. The summed E-state index contributed by atoms with van der Waals surface area (Å²) in [6.45, 7) is 7.28. The number of hydrogen-bond donors (Lipinski definition) is 1. The van der Waals surface area contributed by atoms with Crippen LogP contribution in [0, 0.1) is 6.92 Å². The number of alkyl halides is 3. The first-order valence-electron chi connectivity index (χ1n) is 7.39. The number of benzene rings is 1. The molecule has 1 aromatic carbocycles. The van der Waals surface area contributed by atoms with Gasteiger partial charge in [-0.2, -0.15) is 18.2 Å². The van der Waals surface area contributed by atoms with Crippen LogP contribution < -0.4 is 10.2 Å². The van der Waals surface area contributed by atoms with Crippen LogP contribution in [0.5, 0.6) is 0 Å². The average molecular weight is 324 g/mol. The highest BCUT2D eigenvalue weighted by molar-refractivity contribution is 5.60. The number of nitrogens with one attached hydrogen (secondary N) is 1. The zero-order chi connectivity index (χ0) is 17.0. The van der Waals surface area contributed by atoms with Gasteiger partial charge in [-0.15, -0.1) is 0 Å². The van der Waals surface area contributed by atoms with Crippen LogP contribution in [0.15, 0.2) is 30.3 Å². The number of para-hydroxylation sites is 1. The van der Waals surface area contributed by atoms with Gasteiger partial charge in [-0.05, 0) is 32.9 Å². The van der Waals surface area contributed by atoms with E-state index in [1.54, 1.807) is 13.0 Å². The van der Waals surface area contributed by atoms with Crippen LogP contribution in [0.3, 0.4) is 0 Å². The maximum atomic E-state index is 13.1. The highest BCUT2D eigenvalue weighted by atomic mass is 19.4. The molecule has 0 spiro atoms. The molecule has 0 fully saturated rings. The third-order valence-electron chi connectivity index (χ3n) is 3.41. The normalized spacial score (nSPS) is 11.4. The molecule has 2 aromatic rings. The summed E-state index contributed by atoms with van der Waals surface area (Å²) in [6.07, 6.45) is -4.44. The molecule has 0 unspecified atom stereocenters.